The van der Waals surface area contributed by atoms with Gasteiger partial charge < -0.3 is 15.4 Å². The summed E-state index contributed by atoms with van der Waals surface area (Å²) in [6.07, 6.45) is 0. The molecule has 0 aromatic heterocycles. The number of carbonyl (C=O) groups is 2. The Balaban J connectivity index is 1.43. The highest BCUT2D eigenvalue weighted by atomic mass is 19.1. The van der Waals surface area contributed by atoms with Crippen molar-refractivity contribution in [3.63, 3.8) is 0 Å². The molecule has 0 bridgehead atoms. The predicted molar refractivity (Wildman–Crippen MR) is 114 cm³/mol. The lowest BCUT2D eigenvalue weighted by Crippen LogP contribution is -2.43. The summed E-state index contributed by atoms with van der Waals surface area (Å²) in [7, 11) is 0. The average Bonchev–Trinajstić information content (AvgIpc) is 2.77. The highest BCUT2D eigenvalue weighted by Gasteiger charge is 2.12. The van der Waals surface area contributed by atoms with Gasteiger partial charge in [-0.2, -0.15) is 0 Å². The Morgan fingerprint density at radius 1 is 0.935 bits per heavy atom. The average molecular weight is 424 g/mol. The van der Waals surface area contributed by atoms with Crippen molar-refractivity contribution in [2.45, 2.75) is 13.0 Å². The Morgan fingerprint density at radius 3 is 2.29 bits per heavy atom. The van der Waals surface area contributed by atoms with E-state index >= 15 is 0 Å². The second kappa shape index (κ2) is 10.3. The Labute approximate surface area is 179 Å². The molecular formula is C24H22F2N2O3. The number of hydrogen-bond donors (Lipinski definition) is 2. The number of benzene rings is 3. The van der Waals surface area contributed by atoms with Gasteiger partial charge in [0, 0.05) is 11.6 Å². The third kappa shape index (κ3) is 6.37. The predicted octanol–water partition coefficient (Wildman–Crippen LogP) is 3.95. The van der Waals surface area contributed by atoms with Crippen LogP contribution in [0.1, 0.15) is 17.3 Å². The van der Waals surface area contributed by atoms with Gasteiger partial charge in [-0.1, -0.05) is 42.5 Å². The van der Waals surface area contributed by atoms with E-state index in [0.29, 0.717) is 5.56 Å². The lowest BCUT2D eigenvalue weighted by Gasteiger charge is -2.15. The largest absolute Gasteiger partial charge is 0.488 e. The summed E-state index contributed by atoms with van der Waals surface area (Å²) < 4.78 is 31.7. The molecule has 0 aliphatic heterocycles. The molecule has 2 amide bonds. The molecule has 0 saturated carbocycles. The van der Waals surface area contributed by atoms with Gasteiger partial charge in [-0.15, -0.1) is 0 Å². The number of ether oxygens (including phenoxy) is 1. The van der Waals surface area contributed by atoms with Crippen LogP contribution in [0.5, 0.6) is 5.75 Å². The smallest absolute Gasteiger partial charge is 0.251 e. The Bertz CT molecular complexity index is 1040. The van der Waals surface area contributed by atoms with Gasteiger partial charge >= 0.3 is 0 Å². The van der Waals surface area contributed by atoms with E-state index in [0.717, 1.165) is 23.3 Å². The zero-order valence-electron chi connectivity index (χ0n) is 16.9. The number of amides is 2. The third-order valence-corrected chi connectivity index (χ3v) is 4.45. The van der Waals surface area contributed by atoms with Crippen molar-refractivity contribution < 1.29 is 23.1 Å². The SMILES string of the molecule is CC(COc1ccc(F)cc1F)NC(=O)CNC(=O)c1ccc(-c2ccccc2)cc1. The summed E-state index contributed by atoms with van der Waals surface area (Å²) >= 11 is 0. The van der Waals surface area contributed by atoms with E-state index in [1.165, 1.54) is 6.07 Å². The first-order valence-corrected chi connectivity index (χ1v) is 9.73. The second-order valence-electron chi connectivity index (χ2n) is 6.98. The van der Waals surface area contributed by atoms with Crippen LogP contribution in [-0.2, 0) is 4.79 Å². The van der Waals surface area contributed by atoms with Gasteiger partial charge in [0.2, 0.25) is 5.91 Å². The fourth-order valence-electron chi connectivity index (χ4n) is 2.88. The highest BCUT2D eigenvalue weighted by Crippen LogP contribution is 2.19. The van der Waals surface area contributed by atoms with Gasteiger partial charge in [0.1, 0.15) is 12.4 Å². The number of nitrogens with one attached hydrogen (secondary N) is 2. The maximum atomic E-state index is 13.6. The molecule has 0 radical (unpaired) electrons. The van der Waals surface area contributed by atoms with E-state index in [4.69, 9.17) is 4.74 Å². The summed E-state index contributed by atoms with van der Waals surface area (Å²) in [5.41, 5.74) is 2.47. The number of halogens is 2. The van der Waals surface area contributed by atoms with Gasteiger partial charge in [0.15, 0.2) is 11.6 Å². The van der Waals surface area contributed by atoms with Crippen LogP contribution in [0.25, 0.3) is 11.1 Å². The van der Waals surface area contributed by atoms with Crippen molar-refractivity contribution in [2.24, 2.45) is 0 Å². The van der Waals surface area contributed by atoms with E-state index < -0.39 is 23.6 Å². The third-order valence-electron chi connectivity index (χ3n) is 4.45. The molecule has 0 heterocycles. The van der Waals surface area contributed by atoms with Crippen LogP contribution < -0.4 is 15.4 Å². The first-order chi connectivity index (χ1) is 14.9. The molecule has 3 aromatic carbocycles. The first kappa shape index (κ1) is 22.0. The van der Waals surface area contributed by atoms with Gasteiger partial charge in [0.05, 0.1) is 12.6 Å². The maximum Gasteiger partial charge on any atom is 0.251 e. The van der Waals surface area contributed by atoms with Gasteiger partial charge in [-0.3, -0.25) is 9.59 Å². The molecule has 0 aliphatic carbocycles. The lowest BCUT2D eigenvalue weighted by atomic mass is 10.0. The van der Waals surface area contributed by atoms with E-state index in [1.54, 1.807) is 19.1 Å². The molecule has 160 valence electrons. The lowest BCUT2D eigenvalue weighted by molar-refractivity contribution is -0.120. The number of hydrogen-bond acceptors (Lipinski definition) is 3. The van der Waals surface area contributed by atoms with Crippen molar-refractivity contribution >= 4 is 11.8 Å². The molecule has 0 saturated heterocycles. The van der Waals surface area contributed by atoms with Crippen molar-refractivity contribution in [3.8, 4) is 16.9 Å². The summed E-state index contributed by atoms with van der Waals surface area (Å²) in [6.45, 7) is 1.45. The Kier molecular flexibility index (Phi) is 7.32. The molecule has 1 unspecified atom stereocenters. The monoisotopic (exact) mass is 424 g/mol. The zero-order chi connectivity index (χ0) is 22.2. The van der Waals surface area contributed by atoms with Gasteiger partial charge in [-0.05, 0) is 42.3 Å². The topological polar surface area (TPSA) is 67.4 Å². The van der Waals surface area contributed by atoms with Crippen LogP contribution in [0.2, 0.25) is 0 Å². The molecule has 5 nitrogen and oxygen atoms in total. The van der Waals surface area contributed by atoms with Crippen LogP contribution in [0, 0.1) is 11.6 Å². The molecule has 1 atom stereocenters. The molecular weight excluding hydrogens is 402 g/mol. The summed E-state index contributed by atoms with van der Waals surface area (Å²) in [5, 5.41) is 5.20. The fourth-order valence-corrected chi connectivity index (χ4v) is 2.88. The van der Waals surface area contributed by atoms with E-state index in [1.807, 2.05) is 42.5 Å². The molecule has 0 aliphatic rings. The second-order valence-corrected chi connectivity index (χ2v) is 6.98. The summed E-state index contributed by atoms with van der Waals surface area (Å²) in [6, 6.07) is 19.4. The first-order valence-electron chi connectivity index (χ1n) is 9.73. The van der Waals surface area contributed by atoms with Crippen LogP contribution in [-0.4, -0.2) is 31.0 Å². The van der Waals surface area contributed by atoms with Crippen molar-refractivity contribution in [3.05, 3.63) is 90.0 Å². The van der Waals surface area contributed by atoms with Crippen LogP contribution in [0.4, 0.5) is 8.78 Å². The molecule has 3 rings (SSSR count). The molecule has 7 heteroatoms. The fraction of sp³-hybridized carbons (Fsp3) is 0.167. The normalized spacial score (nSPS) is 11.5. The minimum Gasteiger partial charge on any atom is -0.488 e. The van der Waals surface area contributed by atoms with Gasteiger partial charge in [0.25, 0.3) is 5.91 Å². The molecule has 31 heavy (non-hydrogen) atoms. The van der Waals surface area contributed by atoms with Crippen LogP contribution in [0.3, 0.4) is 0 Å². The molecule has 3 aromatic rings. The Hall–Kier alpha value is -3.74. The standard InChI is InChI=1S/C24H22F2N2O3/c1-16(15-31-22-12-11-20(25)13-21(22)26)28-23(29)14-27-24(30)19-9-7-18(8-10-19)17-5-3-2-4-6-17/h2-13,16H,14-15H2,1H3,(H,27,30)(H,28,29). The molecule has 0 fully saturated rings. The summed E-state index contributed by atoms with van der Waals surface area (Å²) in [4.78, 5) is 24.3. The van der Waals surface area contributed by atoms with E-state index in [9.17, 15) is 18.4 Å². The molecule has 0 spiro atoms. The van der Waals surface area contributed by atoms with Gasteiger partial charge in [-0.25, -0.2) is 8.78 Å². The summed E-state index contributed by atoms with van der Waals surface area (Å²) in [5.74, 6) is -2.40. The van der Waals surface area contributed by atoms with Crippen LogP contribution in [0.15, 0.2) is 72.8 Å². The molecule has 2 N–H and O–H groups in total. The highest BCUT2D eigenvalue weighted by molar-refractivity contribution is 5.96. The zero-order valence-corrected chi connectivity index (χ0v) is 16.9. The van der Waals surface area contributed by atoms with E-state index in [-0.39, 0.29) is 24.8 Å². The Morgan fingerprint density at radius 2 is 1.61 bits per heavy atom. The van der Waals surface area contributed by atoms with Crippen LogP contribution >= 0.6 is 0 Å². The number of carbonyl (C=O) groups excluding carboxylic acids is 2. The number of rotatable bonds is 8. The minimum absolute atomic E-state index is 0.0107. The van der Waals surface area contributed by atoms with Crippen molar-refractivity contribution in [2.75, 3.05) is 13.2 Å². The quantitative estimate of drug-likeness (QED) is 0.576. The van der Waals surface area contributed by atoms with Crippen molar-refractivity contribution in [1.29, 1.82) is 0 Å². The van der Waals surface area contributed by atoms with Crippen molar-refractivity contribution in [1.82, 2.24) is 10.6 Å². The van der Waals surface area contributed by atoms with E-state index in [2.05, 4.69) is 10.6 Å². The maximum absolute atomic E-state index is 13.6. The minimum atomic E-state index is -0.816.